The van der Waals surface area contributed by atoms with E-state index >= 15 is 0 Å². The number of aromatic nitrogens is 1. The Morgan fingerprint density at radius 3 is 2.76 bits per heavy atom. The van der Waals surface area contributed by atoms with Gasteiger partial charge in [0.25, 0.3) is 0 Å². The number of amides is 1. The number of hydrogen-bond donors (Lipinski definition) is 3. The van der Waals surface area contributed by atoms with E-state index in [1.165, 1.54) is 4.88 Å². The third-order valence-corrected chi connectivity index (χ3v) is 4.39. The quantitative estimate of drug-likeness (QED) is 0.397. The van der Waals surface area contributed by atoms with E-state index in [9.17, 15) is 4.79 Å². The van der Waals surface area contributed by atoms with E-state index in [1.807, 2.05) is 6.20 Å². The predicted octanol–water partition coefficient (Wildman–Crippen LogP) is 0.897. The predicted molar refractivity (Wildman–Crippen MR) is 85.4 cm³/mol. The van der Waals surface area contributed by atoms with Crippen LogP contribution in [0.3, 0.4) is 0 Å². The molecule has 0 unspecified atom stereocenters. The number of carbonyl (C=O) groups is 1. The van der Waals surface area contributed by atoms with Crippen LogP contribution in [0.1, 0.15) is 29.7 Å². The van der Waals surface area contributed by atoms with Gasteiger partial charge in [-0.15, -0.1) is 11.3 Å². The lowest BCUT2D eigenvalue weighted by atomic mass is 10.4. The first kappa shape index (κ1) is 15.8. The summed E-state index contributed by atoms with van der Waals surface area (Å²) >= 11 is 1.71. The van der Waals surface area contributed by atoms with Crippen molar-refractivity contribution in [3.63, 3.8) is 0 Å². The van der Waals surface area contributed by atoms with E-state index in [-0.39, 0.29) is 11.8 Å². The van der Waals surface area contributed by atoms with Gasteiger partial charge in [0.05, 0.1) is 6.54 Å². The van der Waals surface area contributed by atoms with Crippen molar-refractivity contribution >= 4 is 23.2 Å². The number of nitrogens with one attached hydrogen (secondary N) is 3. The molecule has 1 aromatic heterocycles. The molecule has 0 aliphatic heterocycles. The lowest BCUT2D eigenvalue weighted by Crippen LogP contribution is -2.41. The minimum atomic E-state index is 0.176. The summed E-state index contributed by atoms with van der Waals surface area (Å²) in [5.74, 6) is 1.17. The summed E-state index contributed by atoms with van der Waals surface area (Å²) in [6.07, 6.45) is 5.02. The maximum atomic E-state index is 11.5. The van der Waals surface area contributed by atoms with Gasteiger partial charge in [-0.25, -0.2) is 4.98 Å². The summed E-state index contributed by atoms with van der Waals surface area (Å²) in [5.41, 5.74) is 0. The number of hydrogen-bond acceptors (Lipinski definition) is 4. The van der Waals surface area contributed by atoms with E-state index < -0.39 is 0 Å². The lowest BCUT2D eigenvalue weighted by molar-refractivity contribution is -0.122. The van der Waals surface area contributed by atoms with E-state index in [4.69, 9.17) is 0 Å². The average molecular weight is 309 g/mol. The largest absolute Gasteiger partial charge is 0.355 e. The maximum Gasteiger partial charge on any atom is 0.223 e. The van der Waals surface area contributed by atoms with Crippen LogP contribution in [0.5, 0.6) is 0 Å². The second kappa shape index (κ2) is 7.97. The van der Waals surface area contributed by atoms with Crippen molar-refractivity contribution in [1.29, 1.82) is 0 Å². The normalized spacial score (nSPS) is 14.9. The molecule has 0 saturated heterocycles. The SMILES string of the molecule is CCc1cnc(CNC(=NC)NCCNC(=O)C2CC2)s1. The van der Waals surface area contributed by atoms with Crippen molar-refractivity contribution in [3.8, 4) is 0 Å². The van der Waals surface area contributed by atoms with Gasteiger partial charge < -0.3 is 16.0 Å². The first-order chi connectivity index (χ1) is 10.2. The molecule has 1 aliphatic rings. The molecule has 0 radical (unpaired) electrons. The molecule has 1 aromatic rings. The molecule has 3 N–H and O–H groups in total. The van der Waals surface area contributed by atoms with Crippen molar-refractivity contribution in [2.45, 2.75) is 32.7 Å². The van der Waals surface area contributed by atoms with E-state index in [1.54, 1.807) is 18.4 Å². The van der Waals surface area contributed by atoms with Gasteiger partial charge in [0.15, 0.2) is 5.96 Å². The third kappa shape index (κ3) is 5.34. The topological polar surface area (TPSA) is 78.4 Å². The highest BCUT2D eigenvalue weighted by Gasteiger charge is 2.28. The molecule has 1 saturated carbocycles. The van der Waals surface area contributed by atoms with Gasteiger partial charge >= 0.3 is 0 Å². The molecular weight excluding hydrogens is 286 g/mol. The zero-order valence-electron chi connectivity index (χ0n) is 12.6. The molecule has 1 fully saturated rings. The Morgan fingerprint density at radius 2 is 2.14 bits per heavy atom. The molecule has 0 atom stereocenters. The first-order valence-corrected chi connectivity index (χ1v) is 8.20. The number of carbonyl (C=O) groups excluding carboxylic acids is 1. The van der Waals surface area contributed by atoms with Gasteiger partial charge in [-0.2, -0.15) is 0 Å². The summed E-state index contributed by atoms with van der Waals surface area (Å²) in [6, 6.07) is 0. The molecule has 6 nitrogen and oxygen atoms in total. The van der Waals surface area contributed by atoms with Crippen molar-refractivity contribution < 1.29 is 4.79 Å². The Bertz CT molecular complexity index is 495. The van der Waals surface area contributed by atoms with Gasteiger partial charge in [0.1, 0.15) is 5.01 Å². The van der Waals surface area contributed by atoms with Gasteiger partial charge in [-0.3, -0.25) is 9.79 Å². The fourth-order valence-electron chi connectivity index (χ4n) is 1.83. The number of rotatable bonds is 7. The molecule has 1 aliphatic carbocycles. The Balaban J connectivity index is 1.62. The zero-order chi connectivity index (χ0) is 15.1. The second-order valence-corrected chi connectivity index (χ2v) is 6.19. The molecule has 0 bridgehead atoms. The third-order valence-electron chi connectivity index (χ3n) is 3.25. The van der Waals surface area contributed by atoms with Gasteiger partial charge in [-0.1, -0.05) is 6.92 Å². The highest BCUT2D eigenvalue weighted by Crippen LogP contribution is 2.28. The second-order valence-electron chi connectivity index (χ2n) is 4.99. The number of thiazole rings is 1. The van der Waals surface area contributed by atoms with Crippen LogP contribution in [0.15, 0.2) is 11.2 Å². The molecule has 0 aromatic carbocycles. The smallest absolute Gasteiger partial charge is 0.223 e. The van der Waals surface area contributed by atoms with E-state index in [2.05, 4.69) is 32.9 Å². The fraction of sp³-hybridized carbons (Fsp3) is 0.643. The summed E-state index contributed by atoms with van der Waals surface area (Å²) in [6.45, 7) is 4.07. The average Bonchev–Trinajstić information content (AvgIpc) is 3.25. The van der Waals surface area contributed by atoms with Crippen LogP contribution in [0, 0.1) is 5.92 Å². The zero-order valence-corrected chi connectivity index (χ0v) is 13.4. The Labute approximate surface area is 129 Å². The van der Waals surface area contributed by atoms with Crippen molar-refractivity contribution in [2.24, 2.45) is 10.9 Å². The standard InChI is InChI=1S/C14H23N5OS/c1-3-11-8-18-12(21-11)9-19-14(15-2)17-7-6-16-13(20)10-4-5-10/h8,10H,3-7,9H2,1-2H3,(H,16,20)(H2,15,17,19). The number of guanidine groups is 1. The van der Waals surface area contributed by atoms with Gasteiger partial charge in [-0.05, 0) is 19.3 Å². The highest BCUT2D eigenvalue weighted by molar-refractivity contribution is 7.11. The van der Waals surface area contributed by atoms with Crippen LogP contribution in [-0.4, -0.2) is 37.0 Å². The fourth-order valence-corrected chi connectivity index (χ4v) is 2.63. The number of aliphatic imine (C=N–C) groups is 1. The molecule has 116 valence electrons. The summed E-state index contributed by atoms with van der Waals surface area (Å²) < 4.78 is 0. The van der Waals surface area contributed by atoms with Crippen molar-refractivity contribution in [2.75, 3.05) is 20.1 Å². The number of nitrogens with zero attached hydrogens (tertiary/aromatic N) is 2. The Morgan fingerprint density at radius 1 is 1.38 bits per heavy atom. The van der Waals surface area contributed by atoms with Gasteiger partial charge in [0.2, 0.25) is 5.91 Å². The monoisotopic (exact) mass is 309 g/mol. The minimum absolute atomic E-state index is 0.176. The van der Waals surface area contributed by atoms with Gasteiger partial charge in [0, 0.05) is 37.1 Å². The van der Waals surface area contributed by atoms with Crippen LogP contribution in [0.4, 0.5) is 0 Å². The Hall–Kier alpha value is -1.63. The molecule has 7 heteroatoms. The molecule has 21 heavy (non-hydrogen) atoms. The van der Waals surface area contributed by atoms with Crippen LogP contribution < -0.4 is 16.0 Å². The van der Waals surface area contributed by atoms with E-state index in [0.717, 1.165) is 30.2 Å². The van der Waals surface area contributed by atoms with Crippen LogP contribution >= 0.6 is 11.3 Å². The van der Waals surface area contributed by atoms with E-state index in [0.29, 0.717) is 19.6 Å². The number of aryl methyl sites for hydroxylation is 1. The van der Waals surface area contributed by atoms with Crippen molar-refractivity contribution in [1.82, 2.24) is 20.9 Å². The lowest BCUT2D eigenvalue weighted by Gasteiger charge is -2.11. The molecule has 0 spiro atoms. The molecule has 1 amide bonds. The molecule has 2 rings (SSSR count). The highest BCUT2D eigenvalue weighted by atomic mass is 32.1. The van der Waals surface area contributed by atoms with Crippen LogP contribution in [0.25, 0.3) is 0 Å². The maximum absolute atomic E-state index is 11.5. The summed E-state index contributed by atoms with van der Waals surface area (Å²) in [4.78, 5) is 21.3. The first-order valence-electron chi connectivity index (χ1n) is 7.38. The summed E-state index contributed by atoms with van der Waals surface area (Å²) in [7, 11) is 1.73. The Kier molecular flexibility index (Phi) is 5.98. The van der Waals surface area contributed by atoms with Crippen molar-refractivity contribution in [3.05, 3.63) is 16.1 Å². The minimum Gasteiger partial charge on any atom is -0.355 e. The summed E-state index contributed by atoms with van der Waals surface area (Å²) in [5, 5.41) is 10.4. The van der Waals surface area contributed by atoms with Crippen LogP contribution in [0.2, 0.25) is 0 Å². The van der Waals surface area contributed by atoms with Crippen LogP contribution in [-0.2, 0) is 17.8 Å². The molecular formula is C14H23N5OS. The molecule has 1 heterocycles.